The molecule has 106 valence electrons. The predicted molar refractivity (Wildman–Crippen MR) is 83.4 cm³/mol. The molecule has 0 bridgehead atoms. The Morgan fingerprint density at radius 2 is 1.84 bits per heavy atom. The van der Waals surface area contributed by atoms with E-state index < -0.39 is 0 Å². The number of hydrogen-bond acceptors (Lipinski definition) is 2. The SMILES string of the molecule is CC1CC(C)(C)CCC1(CN)N(C)c1ccccc1. The first-order valence-electron chi connectivity index (χ1n) is 7.40. The van der Waals surface area contributed by atoms with Crippen LogP contribution in [0.1, 0.15) is 40.0 Å². The maximum atomic E-state index is 6.21. The second-order valence-electron chi connectivity index (χ2n) is 6.97. The van der Waals surface area contributed by atoms with Crippen molar-refractivity contribution in [2.75, 3.05) is 18.5 Å². The van der Waals surface area contributed by atoms with Crippen LogP contribution in [0.5, 0.6) is 0 Å². The summed E-state index contributed by atoms with van der Waals surface area (Å²) in [6.07, 6.45) is 3.69. The van der Waals surface area contributed by atoms with Crippen LogP contribution in [0, 0.1) is 11.3 Å². The van der Waals surface area contributed by atoms with Gasteiger partial charge in [-0.2, -0.15) is 0 Å². The molecule has 1 aromatic rings. The minimum absolute atomic E-state index is 0.108. The van der Waals surface area contributed by atoms with Gasteiger partial charge in [0.05, 0.1) is 5.54 Å². The maximum Gasteiger partial charge on any atom is 0.0546 e. The van der Waals surface area contributed by atoms with Gasteiger partial charge < -0.3 is 10.6 Å². The first-order chi connectivity index (χ1) is 8.91. The summed E-state index contributed by atoms with van der Waals surface area (Å²) in [5.74, 6) is 0.617. The van der Waals surface area contributed by atoms with Crippen molar-refractivity contribution in [3.63, 3.8) is 0 Å². The Bertz CT molecular complexity index is 413. The Morgan fingerprint density at radius 1 is 1.21 bits per heavy atom. The van der Waals surface area contributed by atoms with E-state index in [0.717, 1.165) is 6.54 Å². The molecule has 2 rings (SSSR count). The summed E-state index contributed by atoms with van der Waals surface area (Å²) in [6.45, 7) is 7.86. The molecule has 1 aromatic carbocycles. The normalized spacial score (nSPS) is 30.1. The molecule has 0 aliphatic heterocycles. The van der Waals surface area contributed by atoms with Crippen molar-refractivity contribution in [3.05, 3.63) is 30.3 Å². The van der Waals surface area contributed by atoms with Crippen molar-refractivity contribution >= 4 is 5.69 Å². The molecule has 2 N–H and O–H groups in total. The summed E-state index contributed by atoms with van der Waals surface area (Å²) in [5, 5.41) is 0. The highest BCUT2D eigenvalue weighted by atomic mass is 15.2. The van der Waals surface area contributed by atoms with Crippen molar-refractivity contribution in [2.24, 2.45) is 17.1 Å². The van der Waals surface area contributed by atoms with E-state index in [-0.39, 0.29) is 5.54 Å². The molecule has 19 heavy (non-hydrogen) atoms. The molecule has 0 saturated heterocycles. The van der Waals surface area contributed by atoms with E-state index in [1.54, 1.807) is 0 Å². The zero-order chi connectivity index (χ0) is 14.1. The molecule has 0 spiro atoms. The second kappa shape index (κ2) is 5.16. The molecule has 1 aliphatic carbocycles. The van der Waals surface area contributed by atoms with Gasteiger partial charge in [0.15, 0.2) is 0 Å². The topological polar surface area (TPSA) is 29.3 Å². The molecular formula is C17H28N2. The molecule has 1 saturated carbocycles. The zero-order valence-electron chi connectivity index (χ0n) is 12.8. The van der Waals surface area contributed by atoms with Crippen molar-refractivity contribution < 1.29 is 0 Å². The fraction of sp³-hybridized carbons (Fsp3) is 0.647. The number of rotatable bonds is 3. The molecule has 0 amide bonds. The Hall–Kier alpha value is -1.02. The average Bonchev–Trinajstić information content (AvgIpc) is 2.39. The van der Waals surface area contributed by atoms with E-state index in [1.165, 1.54) is 24.9 Å². The highest BCUT2D eigenvalue weighted by Gasteiger charge is 2.45. The molecule has 2 atom stereocenters. The Kier molecular flexibility index (Phi) is 3.91. The van der Waals surface area contributed by atoms with Crippen LogP contribution in [0.15, 0.2) is 30.3 Å². The smallest absolute Gasteiger partial charge is 0.0546 e. The van der Waals surface area contributed by atoms with Crippen LogP contribution in [0.2, 0.25) is 0 Å². The maximum absolute atomic E-state index is 6.21. The minimum atomic E-state index is 0.108. The fourth-order valence-electron chi connectivity index (χ4n) is 3.77. The quantitative estimate of drug-likeness (QED) is 0.898. The highest BCUT2D eigenvalue weighted by Crippen LogP contribution is 2.46. The van der Waals surface area contributed by atoms with Gasteiger partial charge >= 0.3 is 0 Å². The number of nitrogens with two attached hydrogens (primary N) is 1. The lowest BCUT2D eigenvalue weighted by atomic mass is 9.63. The molecule has 2 nitrogen and oxygen atoms in total. The summed E-state index contributed by atoms with van der Waals surface area (Å²) >= 11 is 0. The molecule has 0 radical (unpaired) electrons. The second-order valence-corrected chi connectivity index (χ2v) is 6.97. The molecule has 2 heteroatoms. The molecule has 0 aromatic heterocycles. The van der Waals surface area contributed by atoms with E-state index in [1.807, 2.05) is 0 Å². The Balaban J connectivity index is 2.28. The minimum Gasteiger partial charge on any atom is -0.367 e. The third kappa shape index (κ3) is 2.64. The van der Waals surface area contributed by atoms with E-state index >= 15 is 0 Å². The number of para-hydroxylation sites is 1. The summed E-state index contributed by atoms with van der Waals surface area (Å²) in [6, 6.07) is 10.6. The number of likely N-dealkylation sites (N-methyl/N-ethyl adjacent to an activating group) is 1. The van der Waals surface area contributed by atoms with Gasteiger partial charge in [0, 0.05) is 19.3 Å². The predicted octanol–water partition coefficient (Wildman–Crippen LogP) is 3.67. The van der Waals surface area contributed by atoms with Crippen molar-refractivity contribution in [2.45, 2.75) is 45.6 Å². The van der Waals surface area contributed by atoms with Gasteiger partial charge in [-0.1, -0.05) is 39.0 Å². The highest BCUT2D eigenvalue weighted by molar-refractivity contribution is 5.48. The monoisotopic (exact) mass is 260 g/mol. The van der Waals surface area contributed by atoms with E-state index in [0.29, 0.717) is 11.3 Å². The van der Waals surface area contributed by atoms with Crippen LogP contribution in [-0.4, -0.2) is 19.1 Å². The van der Waals surface area contributed by atoms with Crippen LogP contribution in [-0.2, 0) is 0 Å². The largest absolute Gasteiger partial charge is 0.367 e. The van der Waals surface area contributed by atoms with Gasteiger partial charge in [-0.25, -0.2) is 0 Å². The van der Waals surface area contributed by atoms with Crippen LogP contribution >= 0.6 is 0 Å². The summed E-state index contributed by atoms with van der Waals surface area (Å²) in [5.41, 5.74) is 8.05. The first kappa shape index (κ1) is 14.4. The van der Waals surface area contributed by atoms with Gasteiger partial charge in [0.2, 0.25) is 0 Å². The van der Waals surface area contributed by atoms with Gasteiger partial charge in [-0.3, -0.25) is 0 Å². The Labute approximate surface area is 118 Å². The van der Waals surface area contributed by atoms with E-state index in [4.69, 9.17) is 5.73 Å². The lowest BCUT2D eigenvalue weighted by Gasteiger charge is -2.53. The number of anilines is 1. The van der Waals surface area contributed by atoms with Crippen LogP contribution in [0.4, 0.5) is 5.69 Å². The standard InChI is InChI=1S/C17H28N2/c1-14-12-16(2,3)10-11-17(14,13-18)19(4)15-8-6-5-7-9-15/h5-9,14H,10-13,18H2,1-4H3. The van der Waals surface area contributed by atoms with Crippen LogP contribution < -0.4 is 10.6 Å². The van der Waals surface area contributed by atoms with Gasteiger partial charge in [0.1, 0.15) is 0 Å². The zero-order valence-corrected chi connectivity index (χ0v) is 12.8. The summed E-state index contributed by atoms with van der Waals surface area (Å²) < 4.78 is 0. The lowest BCUT2D eigenvalue weighted by molar-refractivity contribution is 0.103. The summed E-state index contributed by atoms with van der Waals surface area (Å²) in [7, 11) is 2.21. The van der Waals surface area contributed by atoms with E-state index in [9.17, 15) is 0 Å². The lowest BCUT2D eigenvalue weighted by Crippen LogP contribution is -2.60. The average molecular weight is 260 g/mol. The third-order valence-corrected chi connectivity index (χ3v) is 5.18. The third-order valence-electron chi connectivity index (χ3n) is 5.18. The first-order valence-corrected chi connectivity index (χ1v) is 7.40. The molecule has 0 heterocycles. The van der Waals surface area contributed by atoms with Gasteiger partial charge in [-0.05, 0) is 42.7 Å². The molecule has 2 unspecified atom stereocenters. The van der Waals surface area contributed by atoms with Crippen molar-refractivity contribution in [1.82, 2.24) is 0 Å². The molecule has 1 fully saturated rings. The molecule has 1 aliphatic rings. The summed E-state index contributed by atoms with van der Waals surface area (Å²) in [4.78, 5) is 2.42. The van der Waals surface area contributed by atoms with E-state index in [2.05, 4.69) is 63.1 Å². The van der Waals surface area contributed by atoms with Crippen molar-refractivity contribution in [3.8, 4) is 0 Å². The van der Waals surface area contributed by atoms with Gasteiger partial charge in [0.25, 0.3) is 0 Å². The fourth-order valence-corrected chi connectivity index (χ4v) is 3.77. The molecular weight excluding hydrogens is 232 g/mol. The van der Waals surface area contributed by atoms with Crippen molar-refractivity contribution in [1.29, 1.82) is 0 Å². The van der Waals surface area contributed by atoms with Gasteiger partial charge in [-0.15, -0.1) is 0 Å². The van der Waals surface area contributed by atoms with Crippen LogP contribution in [0.3, 0.4) is 0 Å². The Morgan fingerprint density at radius 3 is 2.37 bits per heavy atom. The number of hydrogen-bond donors (Lipinski definition) is 1. The number of nitrogens with zero attached hydrogens (tertiary/aromatic N) is 1. The van der Waals surface area contributed by atoms with Crippen LogP contribution in [0.25, 0.3) is 0 Å². The number of benzene rings is 1.